The van der Waals surface area contributed by atoms with E-state index in [9.17, 15) is 4.79 Å². The van der Waals surface area contributed by atoms with Gasteiger partial charge in [0, 0.05) is 13.2 Å². The topological polar surface area (TPSA) is 44.1 Å². The lowest BCUT2D eigenvalue weighted by atomic mass is 10.1. The fourth-order valence-electron chi connectivity index (χ4n) is 2.01. The van der Waals surface area contributed by atoms with Crippen LogP contribution < -0.4 is 0 Å². The normalized spacial score (nSPS) is 25.5. The number of carbonyl (C=O) groups is 1. The second kappa shape index (κ2) is 4.04. The van der Waals surface area contributed by atoms with Crippen molar-refractivity contribution < 1.29 is 9.53 Å². The Bertz CT molecular complexity index is 359. The molecule has 1 aromatic heterocycles. The number of ether oxygens (including phenoxy) is 1. The van der Waals surface area contributed by atoms with Gasteiger partial charge in [-0.3, -0.25) is 4.68 Å². The Morgan fingerprint density at radius 1 is 1.60 bits per heavy atom. The van der Waals surface area contributed by atoms with Crippen molar-refractivity contribution in [3.05, 3.63) is 18.0 Å². The van der Waals surface area contributed by atoms with Gasteiger partial charge >= 0.3 is 5.97 Å². The SMILES string of the molecule is C[C@@H]1CC[C@@H](OC(=O)c2cnn(C)c2)C1. The van der Waals surface area contributed by atoms with Gasteiger partial charge in [-0.25, -0.2) is 4.79 Å². The van der Waals surface area contributed by atoms with Crippen LogP contribution in [0.2, 0.25) is 0 Å². The molecule has 4 nitrogen and oxygen atoms in total. The Hall–Kier alpha value is -1.32. The number of hydrogen-bond donors (Lipinski definition) is 0. The van der Waals surface area contributed by atoms with E-state index in [0.717, 1.165) is 19.3 Å². The first-order chi connectivity index (χ1) is 7.15. The minimum atomic E-state index is -0.248. The third-order valence-corrected chi connectivity index (χ3v) is 2.86. The summed E-state index contributed by atoms with van der Waals surface area (Å²) in [5.74, 6) is 0.430. The number of esters is 1. The first-order valence-electron chi connectivity index (χ1n) is 5.35. The maximum absolute atomic E-state index is 11.6. The molecule has 0 aromatic carbocycles. The Morgan fingerprint density at radius 3 is 2.93 bits per heavy atom. The number of aromatic nitrogens is 2. The summed E-state index contributed by atoms with van der Waals surface area (Å²) >= 11 is 0. The van der Waals surface area contributed by atoms with E-state index < -0.39 is 0 Å². The van der Waals surface area contributed by atoms with Crippen molar-refractivity contribution in [1.82, 2.24) is 9.78 Å². The molecule has 1 aromatic rings. The minimum Gasteiger partial charge on any atom is -0.459 e. The van der Waals surface area contributed by atoms with Gasteiger partial charge in [0.15, 0.2) is 0 Å². The average molecular weight is 208 g/mol. The first-order valence-corrected chi connectivity index (χ1v) is 5.35. The number of carbonyl (C=O) groups excluding carboxylic acids is 1. The van der Waals surface area contributed by atoms with E-state index in [0.29, 0.717) is 11.5 Å². The molecule has 0 radical (unpaired) electrons. The second-order valence-corrected chi connectivity index (χ2v) is 4.35. The van der Waals surface area contributed by atoms with E-state index in [-0.39, 0.29) is 12.1 Å². The van der Waals surface area contributed by atoms with Gasteiger partial charge in [-0.1, -0.05) is 6.92 Å². The third-order valence-electron chi connectivity index (χ3n) is 2.86. The van der Waals surface area contributed by atoms with E-state index in [1.807, 2.05) is 0 Å². The number of aryl methyl sites for hydroxylation is 1. The van der Waals surface area contributed by atoms with Gasteiger partial charge in [-0.05, 0) is 25.2 Å². The van der Waals surface area contributed by atoms with Crippen LogP contribution in [0.4, 0.5) is 0 Å². The minimum absolute atomic E-state index is 0.104. The predicted molar refractivity (Wildman–Crippen MR) is 55.4 cm³/mol. The van der Waals surface area contributed by atoms with Crippen molar-refractivity contribution in [3.63, 3.8) is 0 Å². The highest BCUT2D eigenvalue weighted by Gasteiger charge is 2.25. The maximum Gasteiger partial charge on any atom is 0.341 e. The lowest BCUT2D eigenvalue weighted by Crippen LogP contribution is -2.14. The van der Waals surface area contributed by atoms with Gasteiger partial charge < -0.3 is 4.74 Å². The van der Waals surface area contributed by atoms with Crippen LogP contribution in [0.15, 0.2) is 12.4 Å². The molecule has 0 unspecified atom stereocenters. The fourth-order valence-corrected chi connectivity index (χ4v) is 2.01. The predicted octanol–water partition coefficient (Wildman–Crippen LogP) is 1.77. The van der Waals surface area contributed by atoms with Crippen molar-refractivity contribution in [1.29, 1.82) is 0 Å². The maximum atomic E-state index is 11.6. The molecule has 2 atom stereocenters. The van der Waals surface area contributed by atoms with Crippen LogP contribution in [-0.2, 0) is 11.8 Å². The van der Waals surface area contributed by atoms with Crippen molar-refractivity contribution in [3.8, 4) is 0 Å². The van der Waals surface area contributed by atoms with Crippen molar-refractivity contribution >= 4 is 5.97 Å². The lowest BCUT2D eigenvalue weighted by molar-refractivity contribution is 0.0311. The van der Waals surface area contributed by atoms with Gasteiger partial charge in [0.2, 0.25) is 0 Å². The highest BCUT2D eigenvalue weighted by atomic mass is 16.5. The van der Waals surface area contributed by atoms with Crippen molar-refractivity contribution in [2.45, 2.75) is 32.3 Å². The quantitative estimate of drug-likeness (QED) is 0.696. The summed E-state index contributed by atoms with van der Waals surface area (Å²) < 4.78 is 6.99. The zero-order valence-corrected chi connectivity index (χ0v) is 9.14. The first kappa shape index (κ1) is 10.2. The summed E-state index contributed by atoms with van der Waals surface area (Å²) in [5.41, 5.74) is 0.539. The molecule has 1 aliphatic carbocycles. The molecule has 1 fully saturated rings. The van der Waals surface area contributed by atoms with E-state index >= 15 is 0 Å². The Kier molecular flexibility index (Phi) is 2.75. The molecule has 1 aliphatic rings. The van der Waals surface area contributed by atoms with E-state index in [2.05, 4.69) is 12.0 Å². The Labute approximate surface area is 89.2 Å². The summed E-state index contributed by atoms with van der Waals surface area (Å²) in [6, 6.07) is 0. The monoisotopic (exact) mass is 208 g/mol. The third kappa shape index (κ3) is 2.37. The molecule has 0 aliphatic heterocycles. The van der Waals surface area contributed by atoms with Crippen LogP contribution in [0.1, 0.15) is 36.5 Å². The Morgan fingerprint density at radius 2 is 2.40 bits per heavy atom. The van der Waals surface area contributed by atoms with Gasteiger partial charge in [0.25, 0.3) is 0 Å². The highest BCUT2D eigenvalue weighted by molar-refractivity contribution is 5.88. The van der Waals surface area contributed by atoms with E-state index in [1.54, 1.807) is 24.1 Å². The molecule has 2 rings (SSSR count). The molecule has 0 amide bonds. The molecule has 4 heteroatoms. The molecule has 0 N–H and O–H groups in total. The largest absolute Gasteiger partial charge is 0.459 e. The van der Waals surface area contributed by atoms with Crippen LogP contribution >= 0.6 is 0 Å². The smallest absolute Gasteiger partial charge is 0.341 e. The zero-order chi connectivity index (χ0) is 10.8. The van der Waals surface area contributed by atoms with Crippen LogP contribution in [-0.4, -0.2) is 21.9 Å². The van der Waals surface area contributed by atoms with Crippen molar-refractivity contribution in [2.24, 2.45) is 13.0 Å². The van der Waals surface area contributed by atoms with Gasteiger partial charge in [-0.2, -0.15) is 5.10 Å². The number of nitrogens with zero attached hydrogens (tertiary/aromatic N) is 2. The zero-order valence-electron chi connectivity index (χ0n) is 9.14. The average Bonchev–Trinajstić information content (AvgIpc) is 2.75. The Balaban J connectivity index is 1.92. The summed E-state index contributed by atoms with van der Waals surface area (Å²) in [6.45, 7) is 2.19. The van der Waals surface area contributed by atoms with Gasteiger partial charge in [-0.15, -0.1) is 0 Å². The van der Waals surface area contributed by atoms with Gasteiger partial charge in [0.05, 0.1) is 11.8 Å². The number of hydrogen-bond acceptors (Lipinski definition) is 3. The molecule has 15 heavy (non-hydrogen) atoms. The molecule has 1 saturated carbocycles. The van der Waals surface area contributed by atoms with Crippen molar-refractivity contribution in [2.75, 3.05) is 0 Å². The van der Waals surface area contributed by atoms with Gasteiger partial charge in [0.1, 0.15) is 6.10 Å². The number of rotatable bonds is 2. The van der Waals surface area contributed by atoms with Crippen LogP contribution in [0, 0.1) is 5.92 Å². The molecular weight excluding hydrogens is 192 g/mol. The van der Waals surface area contributed by atoms with Crippen LogP contribution in [0.3, 0.4) is 0 Å². The molecule has 0 bridgehead atoms. The lowest BCUT2D eigenvalue weighted by Gasteiger charge is -2.10. The van der Waals surface area contributed by atoms with Crippen LogP contribution in [0.25, 0.3) is 0 Å². The fraction of sp³-hybridized carbons (Fsp3) is 0.636. The second-order valence-electron chi connectivity index (χ2n) is 4.35. The summed E-state index contributed by atoms with van der Waals surface area (Å²) in [6.07, 6.45) is 6.47. The summed E-state index contributed by atoms with van der Waals surface area (Å²) in [4.78, 5) is 11.6. The van der Waals surface area contributed by atoms with Crippen LogP contribution in [0.5, 0.6) is 0 Å². The summed E-state index contributed by atoms with van der Waals surface area (Å²) in [7, 11) is 1.79. The molecule has 0 spiro atoms. The standard InChI is InChI=1S/C11H16N2O2/c1-8-3-4-10(5-8)15-11(14)9-6-12-13(2)7-9/h6-8,10H,3-5H2,1-2H3/t8-,10-/m1/s1. The van der Waals surface area contributed by atoms with E-state index in [1.165, 1.54) is 0 Å². The molecule has 1 heterocycles. The van der Waals surface area contributed by atoms with E-state index in [4.69, 9.17) is 4.74 Å². The molecule has 82 valence electrons. The highest BCUT2D eigenvalue weighted by Crippen LogP contribution is 2.27. The molecule has 0 saturated heterocycles. The molecular formula is C11H16N2O2. The summed E-state index contributed by atoms with van der Waals surface area (Å²) in [5, 5.41) is 3.94.